The van der Waals surface area contributed by atoms with Gasteiger partial charge in [0.15, 0.2) is 35.0 Å². The first-order chi connectivity index (χ1) is 42.2. The molecule has 2 aliphatic heterocycles. The lowest BCUT2D eigenvalue weighted by Gasteiger charge is -2.43. The normalized spacial score (nSPS) is 19.9. The van der Waals surface area contributed by atoms with Crippen molar-refractivity contribution in [3.8, 4) is 23.3 Å². The van der Waals surface area contributed by atoms with E-state index in [0.29, 0.717) is 31.8 Å². The molecule has 9 nitrogen and oxygen atoms in total. The SMILES string of the molecule is C=CCc1c(OCc2ccccc2)cccc1[C@H](C#CCC[C@H](CCCCC)OC1CCCCO1)O[Si](C)(C)C(C)(C)C.CCCCC[C@@H](CCC1=C2[C@H](CC1=O)Cc1c(OCc3ccccc3)cccc1[C@@H]2O[Si](C)(C)C(C)(C)C)OC1CCCCO1. The summed E-state index contributed by atoms with van der Waals surface area (Å²) in [5, 5.41) is 0.105. The lowest BCUT2D eigenvalue weighted by molar-refractivity contribution is -0.190. The Hall–Kier alpha value is -4.62. The Morgan fingerprint density at radius 2 is 1.20 bits per heavy atom. The van der Waals surface area contributed by atoms with Gasteiger partial charge in [-0.3, -0.25) is 4.79 Å². The van der Waals surface area contributed by atoms with Crippen LogP contribution in [0.1, 0.15) is 223 Å². The molecule has 4 aromatic rings. The number of benzene rings is 4. The minimum atomic E-state index is -2.18. The van der Waals surface area contributed by atoms with Crippen LogP contribution in [0.2, 0.25) is 36.3 Å². The van der Waals surface area contributed by atoms with E-state index in [1.807, 2.05) is 48.5 Å². The molecule has 88 heavy (non-hydrogen) atoms. The molecule has 4 aliphatic rings. The molecule has 7 atom stereocenters. The summed E-state index contributed by atoms with van der Waals surface area (Å²) in [7, 11) is -4.31. The van der Waals surface area contributed by atoms with Gasteiger partial charge in [0.2, 0.25) is 0 Å². The topological polar surface area (TPSA) is 90.9 Å². The van der Waals surface area contributed by atoms with Crippen LogP contribution in [0.15, 0.2) is 121 Å². The van der Waals surface area contributed by atoms with Crippen LogP contribution in [0.25, 0.3) is 0 Å². The van der Waals surface area contributed by atoms with Gasteiger partial charge >= 0.3 is 0 Å². The van der Waals surface area contributed by atoms with Crippen molar-refractivity contribution in [1.29, 1.82) is 0 Å². The summed E-state index contributed by atoms with van der Waals surface area (Å²) in [5.74, 6) is 9.32. The molecule has 2 heterocycles. The molecule has 2 aliphatic carbocycles. The Bertz CT molecular complexity index is 2840. The van der Waals surface area contributed by atoms with E-state index in [4.69, 9.17) is 37.3 Å². The molecule has 11 heteroatoms. The standard InChI is InChI=1S/C39H56O5Si.C38H56O4Si/c1-7-8-10-18-30(43-36-21-13-14-24-41-36)22-23-32-34(40)26-29-25-33-31(38(37(29)32)44-45(5,6)39(2,3)4)19-15-20-35(33)42-27-28-16-11-9-12-17-28;1-8-10-12-23-32(41-37-28-17-18-29-39-37)24-15-16-26-36(42-43(6,7)38(3,4)5)34-25-19-27-35(33(34)20-9-2)40-30-31-21-13-11-14-22-31/h9,11-12,15-17,19-20,29-30,36,38H,7-8,10,13-14,18,21-27H2,1-6H3;9,11,13-14,19,21-22,25,27,32,36-37H,2,8,10,12,15,17-18,20,23-24,28-30H2,1,3-7H3/t29-,30-,36?,38-;32-,36-,37?/m00/s1. The second-order valence-corrected chi connectivity index (χ2v) is 37.7. The van der Waals surface area contributed by atoms with Crippen molar-refractivity contribution < 1.29 is 42.1 Å². The van der Waals surface area contributed by atoms with E-state index in [0.717, 1.165) is 136 Å². The van der Waals surface area contributed by atoms with Crippen molar-refractivity contribution in [2.75, 3.05) is 13.2 Å². The van der Waals surface area contributed by atoms with Gasteiger partial charge < -0.3 is 37.3 Å². The maximum Gasteiger partial charge on any atom is 0.194 e. The predicted octanol–water partition coefficient (Wildman–Crippen LogP) is 20.4. The average molecular weight is 1240 g/mol. The van der Waals surface area contributed by atoms with Crippen molar-refractivity contribution in [1.82, 2.24) is 0 Å². The molecular weight excluding hydrogens is 1130 g/mol. The highest BCUT2D eigenvalue weighted by Crippen LogP contribution is 2.53. The summed E-state index contributed by atoms with van der Waals surface area (Å²) in [6.45, 7) is 34.1. The maximum absolute atomic E-state index is 13.9. The molecule has 0 bridgehead atoms. The summed E-state index contributed by atoms with van der Waals surface area (Å²) in [6, 6.07) is 33.3. The molecule has 0 amide bonds. The number of hydrogen-bond donors (Lipinski definition) is 0. The zero-order chi connectivity index (χ0) is 63.2. The first-order valence-corrected chi connectivity index (χ1v) is 39.9. The lowest BCUT2D eigenvalue weighted by Crippen LogP contribution is -2.43. The largest absolute Gasteiger partial charge is 0.489 e. The van der Waals surface area contributed by atoms with Crippen LogP contribution in [-0.2, 0) is 58.6 Å². The Balaban J connectivity index is 0.000000251. The van der Waals surface area contributed by atoms with Gasteiger partial charge in [0.1, 0.15) is 30.8 Å². The van der Waals surface area contributed by atoms with E-state index in [1.165, 1.54) is 55.2 Å². The minimum absolute atomic E-state index is 0.0447. The first-order valence-electron chi connectivity index (χ1n) is 34.0. The van der Waals surface area contributed by atoms with Crippen LogP contribution in [0.5, 0.6) is 11.5 Å². The van der Waals surface area contributed by atoms with Crippen molar-refractivity contribution in [3.63, 3.8) is 0 Å². The second kappa shape index (κ2) is 34.7. The molecule has 8 rings (SSSR count). The summed E-state index contributed by atoms with van der Waals surface area (Å²) < 4.78 is 52.0. The van der Waals surface area contributed by atoms with Gasteiger partial charge in [-0.25, -0.2) is 0 Å². The fraction of sp³-hybridized carbons (Fsp3) is 0.597. The fourth-order valence-corrected chi connectivity index (χ4v) is 14.2. The molecule has 0 N–H and O–H groups in total. The number of ether oxygens (including phenoxy) is 6. The summed E-state index contributed by atoms with van der Waals surface area (Å²) in [5.41, 5.74) is 9.08. The van der Waals surface area contributed by atoms with Crippen LogP contribution in [0, 0.1) is 17.8 Å². The third-order valence-corrected chi connectivity index (χ3v) is 28.1. The molecular formula is C77H112O9Si2. The van der Waals surface area contributed by atoms with Crippen LogP contribution in [-0.4, -0.2) is 60.4 Å². The van der Waals surface area contributed by atoms with Gasteiger partial charge in [-0.1, -0.05) is 191 Å². The number of hydrogen-bond acceptors (Lipinski definition) is 9. The zero-order valence-electron chi connectivity index (χ0n) is 56.4. The molecule has 2 unspecified atom stereocenters. The molecule has 0 radical (unpaired) electrons. The van der Waals surface area contributed by atoms with Crippen LogP contribution in [0.3, 0.4) is 0 Å². The molecule has 4 aromatic carbocycles. The van der Waals surface area contributed by atoms with E-state index < -0.39 is 16.6 Å². The van der Waals surface area contributed by atoms with Gasteiger partial charge in [-0.15, -0.1) is 12.5 Å². The lowest BCUT2D eigenvalue weighted by atomic mass is 9.78. The maximum atomic E-state index is 13.9. The van der Waals surface area contributed by atoms with Crippen LogP contribution in [0.4, 0.5) is 0 Å². The zero-order valence-corrected chi connectivity index (χ0v) is 58.4. The molecule has 0 saturated carbocycles. The van der Waals surface area contributed by atoms with E-state index >= 15 is 0 Å². The quantitative estimate of drug-likeness (QED) is 0.0219. The second-order valence-electron chi connectivity index (χ2n) is 28.2. The first kappa shape index (κ1) is 70.8. The van der Waals surface area contributed by atoms with E-state index in [9.17, 15) is 4.79 Å². The van der Waals surface area contributed by atoms with Crippen LogP contribution < -0.4 is 9.47 Å². The number of unbranched alkanes of at least 4 members (excludes halogenated alkanes) is 4. The number of rotatable bonds is 30. The van der Waals surface area contributed by atoms with E-state index in [2.05, 4.69) is 155 Å². The summed E-state index contributed by atoms with van der Waals surface area (Å²) >= 11 is 0. The van der Waals surface area contributed by atoms with Gasteiger partial charge in [0, 0.05) is 37.2 Å². The van der Waals surface area contributed by atoms with E-state index in [1.54, 1.807) is 0 Å². The number of carbonyl (C=O) groups is 1. The number of carbonyl (C=O) groups excluding carboxylic acids is 1. The van der Waals surface area contributed by atoms with Gasteiger partial charge in [-0.05, 0) is 171 Å². The summed E-state index contributed by atoms with van der Waals surface area (Å²) in [6.07, 6.45) is 22.6. The molecule has 2 saturated heterocycles. The third kappa shape index (κ3) is 21.0. The Kier molecular flexibility index (Phi) is 27.9. The highest BCUT2D eigenvalue weighted by molar-refractivity contribution is 6.74. The molecule has 2 fully saturated rings. The Labute approximate surface area is 535 Å². The summed E-state index contributed by atoms with van der Waals surface area (Å²) in [4.78, 5) is 13.9. The van der Waals surface area contributed by atoms with Gasteiger partial charge in [0.25, 0.3) is 0 Å². The molecule has 482 valence electrons. The van der Waals surface area contributed by atoms with Crippen LogP contribution >= 0.6 is 0 Å². The Morgan fingerprint density at radius 1 is 0.648 bits per heavy atom. The van der Waals surface area contributed by atoms with E-state index in [-0.39, 0.29) is 53.0 Å². The third-order valence-electron chi connectivity index (χ3n) is 19.2. The number of fused-ring (bicyclic) bond motifs is 2. The van der Waals surface area contributed by atoms with Gasteiger partial charge in [-0.2, -0.15) is 0 Å². The number of ketones is 1. The predicted molar refractivity (Wildman–Crippen MR) is 366 cm³/mol. The fourth-order valence-electron chi connectivity index (χ4n) is 11.9. The highest BCUT2D eigenvalue weighted by Gasteiger charge is 2.47. The van der Waals surface area contributed by atoms with Crippen molar-refractivity contribution in [2.45, 2.75) is 277 Å². The number of Topliss-reactive ketones (excluding diaryl/α,β-unsaturated/α-hetero) is 1. The number of allylic oxidation sites excluding steroid dienone is 2. The minimum Gasteiger partial charge on any atom is -0.489 e. The average Bonchev–Trinajstić information content (AvgIpc) is 1.50. The van der Waals surface area contributed by atoms with Crippen molar-refractivity contribution in [3.05, 3.63) is 154 Å². The monoisotopic (exact) mass is 1240 g/mol. The molecule has 0 aromatic heterocycles. The van der Waals surface area contributed by atoms with Crippen molar-refractivity contribution >= 4 is 22.4 Å². The van der Waals surface area contributed by atoms with Gasteiger partial charge in [0.05, 0.1) is 18.3 Å². The highest BCUT2D eigenvalue weighted by atomic mass is 28.4. The smallest absolute Gasteiger partial charge is 0.194 e. The van der Waals surface area contributed by atoms with Crippen molar-refractivity contribution in [2.24, 2.45) is 5.92 Å². The Morgan fingerprint density at radius 3 is 1.75 bits per heavy atom. The molecule has 0 spiro atoms.